The standard InChI is InChI=1S/C20H28NO5/c1-4-24-19(22)18(14-8-6-5-7-9-14)26-20(23)25-17-12-15-10-11-16(13-17)21(15,2)3/h5-9,15-18H,4,10-13H2,1-3H3/q+1. The summed E-state index contributed by atoms with van der Waals surface area (Å²) in [6, 6.07) is 9.90. The molecule has 0 aliphatic carbocycles. The Kier molecular flexibility index (Phi) is 5.51. The number of esters is 1. The number of fused-ring (bicyclic) bond motifs is 2. The van der Waals surface area contributed by atoms with Gasteiger partial charge in [0.15, 0.2) is 0 Å². The molecule has 0 spiro atoms. The van der Waals surface area contributed by atoms with Crippen LogP contribution in [-0.4, -0.2) is 55.5 Å². The summed E-state index contributed by atoms with van der Waals surface area (Å²) >= 11 is 0. The zero-order valence-electron chi connectivity index (χ0n) is 15.7. The van der Waals surface area contributed by atoms with Crippen LogP contribution in [0, 0.1) is 0 Å². The van der Waals surface area contributed by atoms with Crippen LogP contribution in [-0.2, 0) is 19.0 Å². The number of hydrogen-bond donors (Lipinski definition) is 0. The maximum atomic E-state index is 12.3. The fourth-order valence-electron chi connectivity index (χ4n) is 4.28. The zero-order chi connectivity index (χ0) is 18.7. The molecule has 2 aliphatic heterocycles. The Hall–Kier alpha value is -2.08. The van der Waals surface area contributed by atoms with Gasteiger partial charge in [0.2, 0.25) is 6.10 Å². The minimum atomic E-state index is -1.10. The lowest BCUT2D eigenvalue weighted by Crippen LogP contribution is -2.56. The lowest BCUT2D eigenvalue weighted by atomic mass is 9.98. The van der Waals surface area contributed by atoms with Gasteiger partial charge in [0.1, 0.15) is 6.10 Å². The molecule has 26 heavy (non-hydrogen) atoms. The molecule has 2 fully saturated rings. The lowest BCUT2D eigenvalue weighted by molar-refractivity contribution is -0.931. The highest BCUT2D eigenvalue weighted by Gasteiger charge is 2.50. The molecule has 2 aliphatic rings. The van der Waals surface area contributed by atoms with E-state index in [0.717, 1.165) is 17.3 Å². The number of nitrogens with zero attached hydrogens (tertiary/aromatic N) is 1. The summed E-state index contributed by atoms with van der Waals surface area (Å²) in [6.07, 6.45) is 1.97. The Balaban J connectivity index is 1.63. The molecule has 6 heteroatoms. The average Bonchev–Trinajstić information content (AvgIpc) is 2.78. The van der Waals surface area contributed by atoms with E-state index in [1.165, 1.54) is 12.8 Å². The van der Waals surface area contributed by atoms with Gasteiger partial charge in [0.25, 0.3) is 0 Å². The van der Waals surface area contributed by atoms with Crippen molar-refractivity contribution >= 4 is 12.1 Å². The quantitative estimate of drug-likeness (QED) is 0.594. The number of quaternary nitrogens is 1. The van der Waals surface area contributed by atoms with Crippen LogP contribution in [0.1, 0.15) is 44.3 Å². The molecule has 3 unspecified atom stereocenters. The number of hydrogen-bond acceptors (Lipinski definition) is 5. The minimum absolute atomic E-state index is 0.148. The maximum Gasteiger partial charge on any atom is 0.509 e. The van der Waals surface area contributed by atoms with Crippen LogP contribution in [0.5, 0.6) is 0 Å². The second-order valence-corrected chi connectivity index (χ2v) is 7.64. The van der Waals surface area contributed by atoms with Gasteiger partial charge in [-0.3, -0.25) is 0 Å². The summed E-state index contributed by atoms with van der Waals surface area (Å²) in [5, 5.41) is 0. The Bertz CT molecular complexity index is 629. The van der Waals surface area contributed by atoms with Crippen molar-refractivity contribution in [1.29, 1.82) is 0 Å². The molecule has 2 heterocycles. The van der Waals surface area contributed by atoms with E-state index in [1.807, 2.05) is 6.07 Å². The van der Waals surface area contributed by atoms with Crippen molar-refractivity contribution in [3.63, 3.8) is 0 Å². The molecule has 0 radical (unpaired) electrons. The first-order valence-electron chi connectivity index (χ1n) is 9.34. The van der Waals surface area contributed by atoms with Crippen molar-refractivity contribution in [2.45, 2.75) is 56.9 Å². The highest BCUT2D eigenvalue weighted by Crippen LogP contribution is 2.40. The number of piperidine rings is 1. The Morgan fingerprint density at radius 3 is 2.31 bits per heavy atom. The molecular formula is C20H28NO5+. The predicted molar refractivity (Wildman–Crippen MR) is 95.3 cm³/mol. The molecule has 2 bridgehead atoms. The van der Waals surface area contributed by atoms with E-state index in [1.54, 1.807) is 31.2 Å². The first kappa shape index (κ1) is 18.7. The van der Waals surface area contributed by atoms with Crippen molar-refractivity contribution in [3.05, 3.63) is 35.9 Å². The summed E-state index contributed by atoms with van der Waals surface area (Å²) < 4.78 is 17.0. The van der Waals surface area contributed by atoms with Crippen LogP contribution in [0.25, 0.3) is 0 Å². The summed E-state index contributed by atoms with van der Waals surface area (Å²) in [7, 11) is 4.51. The molecule has 0 saturated carbocycles. The van der Waals surface area contributed by atoms with E-state index in [0.29, 0.717) is 17.6 Å². The highest BCUT2D eigenvalue weighted by molar-refractivity contribution is 5.79. The molecule has 0 aromatic heterocycles. The largest absolute Gasteiger partial charge is 0.509 e. The van der Waals surface area contributed by atoms with Crippen LogP contribution in [0.3, 0.4) is 0 Å². The van der Waals surface area contributed by atoms with Gasteiger partial charge in [-0.15, -0.1) is 0 Å². The van der Waals surface area contributed by atoms with E-state index in [9.17, 15) is 9.59 Å². The van der Waals surface area contributed by atoms with Gasteiger partial charge in [0.05, 0.1) is 32.8 Å². The molecule has 0 amide bonds. The molecule has 1 aromatic rings. The van der Waals surface area contributed by atoms with Gasteiger partial charge in [0, 0.05) is 31.2 Å². The maximum absolute atomic E-state index is 12.3. The van der Waals surface area contributed by atoms with Crippen LogP contribution in [0.2, 0.25) is 0 Å². The van der Waals surface area contributed by atoms with Gasteiger partial charge in [-0.1, -0.05) is 30.3 Å². The number of carbonyl (C=O) groups excluding carboxylic acids is 2. The number of benzene rings is 1. The average molecular weight is 362 g/mol. The van der Waals surface area contributed by atoms with Crippen LogP contribution >= 0.6 is 0 Å². The second-order valence-electron chi connectivity index (χ2n) is 7.64. The van der Waals surface area contributed by atoms with E-state index in [-0.39, 0.29) is 12.7 Å². The number of rotatable bonds is 5. The van der Waals surface area contributed by atoms with E-state index < -0.39 is 18.2 Å². The third-order valence-electron chi connectivity index (χ3n) is 5.87. The van der Waals surface area contributed by atoms with Gasteiger partial charge < -0.3 is 18.7 Å². The summed E-state index contributed by atoms with van der Waals surface area (Å²) in [5.41, 5.74) is 0.574. The smallest absolute Gasteiger partial charge is 0.463 e. The highest BCUT2D eigenvalue weighted by atomic mass is 16.7. The minimum Gasteiger partial charge on any atom is -0.463 e. The first-order valence-corrected chi connectivity index (χ1v) is 9.34. The van der Waals surface area contributed by atoms with Crippen molar-refractivity contribution < 1.29 is 28.3 Å². The monoisotopic (exact) mass is 362 g/mol. The first-order chi connectivity index (χ1) is 12.4. The van der Waals surface area contributed by atoms with Crippen molar-refractivity contribution in [2.75, 3.05) is 20.7 Å². The topological polar surface area (TPSA) is 61.8 Å². The molecule has 6 nitrogen and oxygen atoms in total. The molecule has 142 valence electrons. The molecular weight excluding hydrogens is 334 g/mol. The van der Waals surface area contributed by atoms with E-state index in [4.69, 9.17) is 14.2 Å². The fraction of sp³-hybridized carbons (Fsp3) is 0.600. The van der Waals surface area contributed by atoms with Gasteiger partial charge in [-0.2, -0.15) is 0 Å². The summed E-state index contributed by atoms with van der Waals surface area (Å²) in [4.78, 5) is 24.6. The molecule has 3 atom stereocenters. The summed E-state index contributed by atoms with van der Waals surface area (Å²) in [6.45, 7) is 1.94. The number of ether oxygens (including phenoxy) is 3. The fourth-order valence-corrected chi connectivity index (χ4v) is 4.28. The van der Waals surface area contributed by atoms with Gasteiger partial charge >= 0.3 is 12.1 Å². The normalized spacial score (nSPS) is 27.4. The molecule has 1 aromatic carbocycles. The SMILES string of the molecule is CCOC(=O)C(OC(=O)OC1CC2CCC(C1)[N+]2(C)C)c1ccccc1. The van der Waals surface area contributed by atoms with Crippen LogP contribution < -0.4 is 0 Å². The Morgan fingerprint density at radius 2 is 1.73 bits per heavy atom. The van der Waals surface area contributed by atoms with Crippen LogP contribution in [0.15, 0.2) is 30.3 Å². The molecule has 3 rings (SSSR count). The zero-order valence-corrected chi connectivity index (χ0v) is 15.7. The third-order valence-corrected chi connectivity index (χ3v) is 5.87. The Labute approximate surface area is 154 Å². The lowest BCUT2D eigenvalue weighted by Gasteiger charge is -2.43. The van der Waals surface area contributed by atoms with E-state index in [2.05, 4.69) is 14.1 Å². The van der Waals surface area contributed by atoms with Crippen molar-refractivity contribution in [3.8, 4) is 0 Å². The van der Waals surface area contributed by atoms with Crippen molar-refractivity contribution in [1.82, 2.24) is 0 Å². The van der Waals surface area contributed by atoms with Crippen molar-refractivity contribution in [2.24, 2.45) is 0 Å². The Morgan fingerprint density at radius 1 is 1.12 bits per heavy atom. The second kappa shape index (κ2) is 7.66. The van der Waals surface area contributed by atoms with E-state index >= 15 is 0 Å². The summed E-state index contributed by atoms with van der Waals surface area (Å²) in [5.74, 6) is -0.586. The molecule has 0 N–H and O–H groups in total. The van der Waals surface area contributed by atoms with Gasteiger partial charge in [-0.05, 0) is 6.92 Å². The molecule has 2 saturated heterocycles. The number of carbonyl (C=O) groups is 2. The third kappa shape index (κ3) is 3.85. The van der Waals surface area contributed by atoms with Crippen LogP contribution in [0.4, 0.5) is 4.79 Å². The predicted octanol–water partition coefficient (Wildman–Crippen LogP) is 3.21. The van der Waals surface area contributed by atoms with Gasteiger partial charge in [-0.25, -0.2) is 9.59 Å².